The minimum absolute atomic E-state index is 0.0490. The van der Waals surface area contributed by atoms with Crippen LogP contribution in [0.1, 0.15) is 37.3 Å². The zero-order chi connectivity index (χ0) is 33.0. The van der Waals surface area contributed by atoms with E-state index in [4.69, 9.17) is 4.74 Å². The molecule has 0 unspecified atom stereocenters. The molecule has 4 heterocycles. The monoisotopic (exact) mass is 651 g/mol. The standard InChI is InChI=1S/C32H41N5O8Si/c1-20-30(46(2,3)44)27(16-28(39)34-12-5-8-24(34)19-38)45-32(20)25-15-23(37(42)43)9-10-26(25)36(31(32)41)18-21-6-4-7-22(14-21)35-13-11-33-17-29(35)40/h4,6-7,9-10,14-15,20,24,27,30,33,38,44H,5,8,11-13,16-19H2,1-3H3/t20-,24-,27+,30-,32+/m0/s1. The molecule has 3 fully saturated rings. The summed E-state index contributed by atoms with van der Waals surface area (Å²) in [4.78, 5) is 68.8. The average molecular weight is 652 g/mol. The largest absolute Gasteiger partial charge is 0.432 e. The van der Waals surface area contributed by atoms with Crippen LogP contribution in [0.25, 0.3) is 0 Å². The van der Waals surface area contributed by atoms with Crippen LogP contribution < -0.4 is 15.1 Å². The fourth-order valence-corrected chi connectivity index (χ4v) is 10.6. The molecular weight excluding hydrogens is 610 g/mol. The first-order valence-electron chi connectivity index (χ1n) is 15.9. The Morgan fingerprint density at radius 3 is 2.67 bits per heavy atom. The fraction of sp³-hybridized carbons (Fsp3) is 0.531. The van der Waals surface area contributed by atoms with Crippen molar-refractivity contribution in [2.24, 2.45) is 5.92 Å². The Hall–Kier alpha value is -3.69. The smallest absolute Gasteiger partial charge is 0.269 e. The van der Waals surface area contributed by atoms with Crippen LogP contribution in [0.15, 0.2) is 42.5 Å². The number of fused-ring (bicyclic) bond motifs is 2. The van der Waals surface area contributed by atoms with Gasteiger partial charge in [0.25, 0.3) is 11.6 Å². The minimum Gasteiger partial charge on any atom is -0.432 e. The lowest BCUT2D eigenvalue weighted by atomic mass is 9.82. The molecule has 246 valence electrons. The second-order valence-corrected chi connectivity index (χ2v) is 17.3. The molecule has 0 aliphatic carbocycles. The molecule has 3 amide bonds. The van der Waals surface area contributed by atoms with Crippen LogP contribution in [0.2, 0.25) is 18.6 Å². The maximum atomic E-state index is 14.7. The van der Waals surface area contributed by atoms with Crippen LogP contribution in [-0.4, -0.2) is 90.7 Å². The number of nitrogens with zero attached hydrogens (tertiary/aromatic N) is 4. The Balaban J connectivity index is 1.38. The van der Waals surface area contributed by atoms with E-state index in [1.54, 1.807) is 33.9 Å². The Labute approximate surface area is 268 Å². The zero-order valence-corrected chi connectivity index (χ0v) is 27.3. The molecule has 46 heavy (non-hydrogen) atoms. The van der Waals surface area contributed by atoms with Crippen molar-refractivity contribution in [3.8, 4) is 0 Å². The number of hydrogen-bond acceptors (Lipinski definition) is 9. The lowest BCUT2D eigenvalue weighted by Crippen LogP contribution is -2.48. The molecule has 5 atom stereocenters. The van der Waals surface area contributed by atoms with Gasteiger partial charge < -0.3 is 34.7 Å². The van der Waals surface area contributed by atoms with E-state index in [0.29, 0.717) is 37.3 Å². The number of aliphatic hydroxyl groups is 1. The Kier molecular flexibility index (Phi) is 8.52. The van der Waals surface area contributed by atoms with E-state index in [0.717, 1.165) is 17.7 Å². The van der Waals surface area contributed by atoms with Gasteiger partial charge in [-0.1, -0.05) is 19.1 Å². The Morgan fingerprint density at radius 1 is 1.20 bits per heavy atom. The van der Waals surface area contributed by atoms with E-state index in [1.807, 2.05) is 31.2 Å². The molecule has 4 aliphatic heterocycles. The van der Waals surface area contributed by atoms with Crippen LogP contribution in [0.5, 0.6) is 0 Å². The van der Waals surface area contributed by atoms with E-state index >= 15 is 0 Å². The Bertz CT molecular complexity index is 1570. The van der Waals surface area contributed by atoms with Gasteiger partial charge in [-0.25, -0.2) is 0 Å². The SMILES string of the molecule is C[C@H]1[C@H]([Si](C)(C)O)[C@@H](CC(=O)N2CCC[C@H]2CO)O[C@]12C(=O)N(Cc1cccc(N3CCNCC3=O)c1)c1ccc([N+](=O)[O-])cc12. The molecule has 3 N–H and O–H groups in total. The van der Waals surface area contributed by atoms with E-state index in [1.165, 1.54) is 12.1 Å². The first kappa shape index (κ1) is 32.3. The van der Waals surface area contributed by atoms with Gasteiger partial charge in [0.15, 0.2) is 13.9 Å². The summed E-state index contributed by atoms with van der Waals surface area (Å²) in [7, 11) is -3.08. The number of aliphatic hydroxyl groups excluding tert-OH is 1. The van der Waals surface area contributed by atoms with Crippen molar-refractivity contribution >= 4 is 43.1 Å². The second kappa shape index (κ2) is 12.2. The predicted octanol–water partition coefficient (Wildman–Crippen LogP) is 2.25. The first-order valence-corrected chi connectivity index (χ1v) is 18.9. The molecule has 13 nitrogen and oxygen atoms in total. The number of non-ortho nitro benzene ring substituents is 1. The van der Waals surface area contributed by atoms with Gasteiger partial charge in [-0.3, -0.25) is 24.5 Å². The number of piperazine rings is 1. The third-order valence-electron chi connectivity index (χ3n) is 10.1. The van der Waals surface area contributed by atoms with Gasteiger partial charge in [-0.15, -0.1) is 0 Å². The van der Waals surface area contributed by atoms with Gasteiger partial charge in [-0.05, 0) is 49.7 Å². The normalized spacial score (nSPS) is 28.0. The number of carbonyl (C=O) groups is 3. The van der Waals surface area contributed by atoms with E-state index in [9.17, 15) is 34.4 Å². The zero-order valence-electron chi connectivity index (χ0n) is 26.3. The van der Waals surface area contributed by atoms with Gasteiger partial charge >= 0.3 is 0 Å². The van der Waals surface area contributed by atoms with Crippen molar-refractivity contribution in [3.63, 3.8) is 0 Å². The van der Waals surface area contributed by atoms with Gasteiger partial charge in [0.2, 0.25) is 11.8 Å². The van der Waals surface area contributed by atoms with Gasteiger partial charge in [-0.2, -0.15) is 0 Å². The lowest BCUT2D eigenvalue weighted by molar-refractivity contribution is -0.385. The van der Waals surface area contributed by atoms with E-state index < -0.39 is 42.3 Å². The van der Waals surface area contributed by atoms with Crippen LogP contribution in [-0.2, 0) is 31.3 Å². The van der Waals surface area contributed by atoms with Gasteiger partial charge in [0, 0.05) is 54.5 Å². The fourth-order valence-electron chi connectivity index (χ4n) is 8.06. The van der Waals surface area contributed by atoms with Crippen LogP contribution in [0.4, 0.5) is 17.1 Å². The summed E-state index contributed by atoms with van der Waals surface area (Å²) in [6, 6.07) is 11.4. The van der Waals surface area contributed by atoms with Crippen molar-refractivity contribution < 1.29 is 33.9 Å². The number of nitro benzene ring substituents is 1. The molecule has 0 radical (unpaired) electrons. The lowest BCUT2D eigenvalue weighted by Gasteiger charge is -2.32. The molecule has 1 spiro atoms. The minimum atomic E-state index is -3.08. The number of hydrogen-bond donors (Lipinski definition) is 3. The molecule has 14 heteroatoms. The first-order chi connectivity index (χ1) is 21.9. The topological polar surface area (TPSA) is 166 Å². The molecule has 0 aromatic heterocycles. The summed E-state index contributed by atoms with van der Waals surface area (Å²) >= 11 is 0. The highest BCUT2D eigenvalue weighted by Gasteiger charge is 2.66. The number of amides is 3. The third-order valence-corrected chi connectivity index (χ3v) is 12.6. The highest BCUT2D eigenvalue weighted by Crippen LogP contribution is 2.60. The quantitative estimate of drug-likeness (QED) is 0.221. The molecule has 2 aromatic carbocycles. The number of nitrogens with one attached hydrogen (secondary N) is 1. The molecule has 4 aliphatic rings. The van der Waals surface area contributed by atoms with Crippen molar-refractivity contribution in [1.29, 1.82) is 0 Å². The summed E-state index contributed by atoms with van der Waals surface area (Å²) in [5, 5.41) is 24.8. The second-order valence-electron chi connectivity index (χ2n) is 13.4. The molecule has 2 aromatic rings. The van der Waals surface area contributed by atoms with Crippen LogP contribution in [0.3, 0.4) is 0 Å². The van der Waals surface area contributed by atoms with Gasteiger partial charge in [0.05, 0.1) is 48.9 Å². The summed E-state index contributed by atoms with van der Waals surface area (Å²) in [6.07, 6.45) is 0.586. The summed E-state index contributed by atoms with van der Waals surface area (Å²) in [5.41, 5.74) is -0.0958. The van der Waals surface area contributed by atoms with Crippen molar-refractivity contribution in [3.05, 3.63) is 63.7 Å². The maximum Gasteiger partial charge on any atom is 0.269 e. The third kappa shape index (κ3) is 5.41. The van der Waals surface area contributed by atoms with Crippen LogP contribution >= 0.6 is 0 Å². The maximum absolute atomic E-state index is 14.7. The van der Waals surface area contributed by atoms with Crippen molar-refractivity contribution in [1.82, 2.24) is 10.2 Å². The Morgan fingerprint density at radius 2 is 1.98 bits per heavy atom. The molecule has 0 saturated carbocycles. The number of ether oxygens (including phenoxy) is 1. The number of nitro groups is 1. The summed E-state index contributed by atoms with van der Waals surface area (Å²) < 4.78 is 6.73. The van der Waals surface area contributed by atoms with E-state index in [2.05, 4.69) is 5.32 Å². The molecule has 0 bridgehead atoms. The molecule has 3 saturated heterocycles. The summed E-state index contributed by atoms with van der Waals surface area (Å²) in [6.45, 7) is 7.26. The number of carbonyl (C=O) groups excluding carboxylic acids is 3. The number of rotatable bonds is 8. The van der Waals surface area contributed by atoms with E-state index in [-0.39, 0.29) is 49.7 Å². The van der Waals surface area contributed by atoms with Gasteiger partial charge in [0.1, 0.15) is 0 Å². The number of anilines is 2. The molecule has 6 rings (SSSR count). The van der Waals surface area contributed by atoms with Crippen molar-refractivity contribution in [2.45, 2.75) is 69.1 Å². The highest BCUT2D eigenvalue weighted by atomic mass is 28.4. The number of likely N-dealkylation sites (tertiary alicyclic amines) is 1. The molecular formula is C32H41N5O8Si. The average Bonchev–Trinajstić information content (AvgIpc) is 3.68. The summed E-state index contributed by atoms with van der Waals surface area (Å²) in [5.74, 6) is -1.28. The highest BCUT2D eigenvalue weighted by molar-refractivity contribution is 6.71. The van der Waals surface area contributed by atoms with Crippen LogP contribution in [0, 0.1) is 16.0 Å². The number of benzene rings is 2. The predicted molar refractivity (Wildman–Crippen MR) is 172 cm³/mol. The van der Waals surface area contributed by atoms with Crippen molar-refractivity contribution in [2.75, 3.05) is 42.6 Å².